The molecule has 1 aliphatic rings. The zero-order chi connectivity index (χ0) is 24.5. The summed E-state index contributed by atoms with van der Waals surface area (Å²) in [5.41, 5.74) is 5.29. The number of rotatable bonds is 4. The fourth-order valence-corrected chi connectivity index (χ4v) is 4.89. The summed E-state index contributed by atoms with van der Waals surface area (Å²) in [6.45, 7) is 5.32. The maximum Gasteiger partial charge on any atom is 0.147 e. The van der Waals surface area contributed by atoms with E-state index in [9.17, 15) is 0 Å². The van der Waals surface area contributed by atoms with Gasteiger partial charge in [-0.25, -0.2) is 4.39 Å². The molecule has 1 aromatic heterocycles. The number of hydrogen-bond donors (Lipinski definition) is 0. The molecule has 0 aliphatic carbocycles. The van der Waals surface area contributed by atoms with Crippen LogP contribution in [0.25, 0.3) is 33.2 Å². The number of pyridine rings is 1. The molecule has 2 atom stereocenters. The smallest absolute Gasteiger partial charge is 0.147 e. The number of anilines is 1. The Labute approximate surface area is 204 Å². The minimum absolute atomic E-state index is 0.0490. The van der Waals surface area contributed by atoms with Crippen LogP contribution in [-0.2, 0) is 4.74 Å². The number of fused-ring (bicyclic) bond motifs is 1. The molecule has 0 N–H and O–H groups in total. The van der Waals surface area contributed by atoms with Crippen molar-refractivity contribution in [3.63, 3.8) is 0 Å². The van der Waals surface area contributed by atoms with Gasteiger partial charge in [0.2, 0.25) is 0 Å². The van der Waals surface area contributed by atoms with E-state index >= 15 is 4.39 Å². The Kier molecular flexibility index (Phi) is 6.10. The van der Waals surface area contributed by atoms with Gasteiger partial charge in [-0.2, -0.15) is 5.26 Å². The summed E-state index contributed by atoms with van der Waals surface area (Å²) < 4.78 is 26.9. The molecular weight excluding hydrogens is 441 g/mol. The Balaban J connectivity index is 1.56. The lowest BCUT2D eigenvalue weighted by atomic mass is 9.97. The third kappa shape index (κ3) is 4.31. The molecule has 1 fully saturated rings. The Hall–Kier alpha value is -3.95. The molecule has 0 spiro atoms. The van der Waals surface area contributed by atoms with E-state index in [1.807, 2.05) is 61.2 Å². The van der Waals surface area contributed by atoms with Gasteiger partial charge < -0.3 is 14.4 Å². The zero-order valence-electron chi connectivity index (χ0n) is 20.0. The fraction of sp³-hybridized carbons (Fsp3) is 0.241. The molecule has 1 saturated heterocycles. The van der Waals surface area contributed by atoms with Crippen molar-refractivity contribution in [3.05, 3.63) is 78.2 Å². The van der Waals surface area contributed by atoms with Gasteiger partial charge in [0, 0.05) is 35.8 Å². The van der Waals surface area contributed by atoms with Crippen molar-refractivity contribution in [2.45, 2.75) is 26.1 Å². The Morgan fingerprint density at radius 3 is 2.37 bits per heavy atom. The second kappa shape index (κ2) is 9.36. The predicted octanol–water partition coefficient (Wildman–Crippen LogP) is 6.20. The molecule has 1 unspecified atom stereocenters. The first-order chi connectivity index (χ1) is 17.0. The van der Waals surface area contributed by atoms with Gasteiger partial charge in [-0.15, -0.1) is 0 Å². The first-order valence-electron chi connectivity index (χ1n) is 11.6. The lowest BCUT2D eigenvalue weighted by Crippen LogP contribution is -2.45. The summed E-state index contributed by atoms with van der Waals surface area (Å²) in [6.07, 6.45) is 1.84. The third-order valence-corrected chi connectivity index (χ3v) is 6.40. The lowest BCUT2D eigenvalue weighted by Gasteiger charge is -2.37. The molecule has 5 nitrogen and oxygen atoms in total. The van der Waals surface area contributed by atoms with Crippen LogP contribution in [0.5, 0.6) is 5.75 Å². The van der Waals surface area contributed by atoms with Crippen molar-refractivity contribution in [3.8, 4) is 34.1 Å². The van der Waals surface area contributed by atoms with E-state index in [4.69, 9.17) is 19.7 Å². The highest BCUT2D eigenvalue weighted by Gasteiger charge is 2.25. The molecule has 0 amide bonds. The van der Waals surface area contributed by atoms with E-state index in [-0.39, 0.29) is 18.0 Å². The molecule has 4 aromatic rings. The number of ether oxygens (including phenoxy) is 2. The summed E-state index contributed by atoms with van der Waals surface area (Å²) in [4.78, 5) is 6.79. The number of halogens is 1. The van der Waals surface area contributed by atoms with Gasteiger partial charge in [-0.1, -0.05) is 30.3 Å². The number of nitrogens with zero attached hydrogens (tertiary/aromatic N) is 3. The topological polar surface area (TPSA) is 58.4 Å². The molecular formula is C29H26FN3O2. The van der Waals surface area contributed by atoms with Crippen LogP contribution in [0, 0.1) is 17.1 Å². The van der Waals surface area contributed by atoms with E-state index in [1.165, 1.54) is 0 Å². The van der Waals surface area contributed by atoms with Crippen molar-refractivity contribution >= 4 is 16.6 Å². The van der Waals surface area contributed by atoms with Gasteiger partial charge >= 0.3 is 0 Å². The van der Waals surface area contributed by atoms with Crippen LogP contribution in [0.3, 0.4) is 0 Å². The highest BCUT2D eigenvalue weighted by molar-refractivity contribution is 6.00. The van der Waals surface area contributed by atoms with Crippen LogP contribution < -0.4 is 9.64 Å². The molecule has 0 saturated carbocycles. The molecule has 6 heteroatoms. The van der Waals surface area contributed by atoms with Crippen LogP contribution >= 0.6 is 0 Å². The number of aromatic nitrogens is 1. The highest BCUT2D eigenvalue weighted by Crippen LogP contribution is 2.40. The van der Waals surface area contributed by atoms with Crippen LogP contribution in [-0.4, -0.2) is 37.4 Å². The quantitative estimate of drug-likeness (QED) is 0.358. The summed E-state index contributed by atoms with van der Waals surface area (Å²) in [7, 11) is 1.62. The average molecular weight is 468 g/mol. The van der Waals surface area contributed by atoms with Crippen molar-refractivity contribution in [2.75, 3.05) is 25.1 Å². The summed E-state index contributed by atoms with van der Waals surface area (Å²) in [6, 6.07) is 20.8. The van der Waals surface area contributed by atoms with Gasteiger partial charge in [0.1, 0.15) is 11.6 Å². The van der Waals surface area contributed by atoms with Gasteiger partial charge in [-0.05, 0) is 55.3 Å². The van der Waals surface area contributed by atoms with Crippen LogP contribution in [0.15, 0.2) is 66.9 Å². The number of para-hydroxylation sites is 1. The zero-order valence-corrected chi connectivity index (χ0v) is 20.0. The lowest BCUT2D eigenvalue weighted by molar-refractivity contribution is -0.00539. The van der Waals surface area contributed by atoms with Gasteiger partial charge in [-0.3, -0.25) is 4.98 Å². The third-order valence-electron chi connectivity index (χ3n) is 6.40. The summed E-state index contributed by atoms with van der Waals surface area (Å²) >= 11 is 0. The first-order valence-corrected chi connectivity index (χ1v) is 11.6. The SMILES string of the molecule is COc1c(-c2ccc(N3CC(C)O[C@@H](C)C3)c(F)c2)cnc2c(-c3ccc(C#N)cc3)cccc12. The summed E-state index contributed by atoms with van der Waals surface area (Å²) in [5.74, 6) is 0.364. The molecule has 0 radical (unpaired) electrons. The Bertz CT molecular complexity index is 1420. The van der Waals surface area contributed by atoms with E-state index in [2.05, 4.69) is 6.07 Å². The normalized spacial score (nSPS) is 17.9. The monoisotopic (exact) mass is 467 g/mol. The molecule has 3 aromatic carbocycles. The van der Waals surface area contributed by atoms with Gasteiger partial charge in [0.25, 0.3) is 0 Å². The molecule has 35 heavy (non-hydrogen) atoms. The largest absolute Gasteiger partial charge is 0.495 e. The average Bonchev–Trinajstić information content (AvgIpc) is 2.87. The Morgan fingerprint density at radius 2 is 1.71 bits per heavy atom. The highest BCUT2D eigenvalue weighted by atomic mass is 19.1. The maximum atomic E-state index is 15.3. The standard InChI is InChI=1S/C29H26FN3O2/c1-18-16-33(17-19(2)35-18)27-12-11-22(13-26(27)30)25-15-32-28-23(5-4-6-24(28)29(25)34-3)21-9-7-20(14-31)8-10-21/h4-13,15,18-19H,16-17H2,1-3H3/t18-,19?/m0/s1. The Morgan fingerprint density at radius 1 is 1.00 bits per heavy atom. The van der Waals surface area contributed by atoms with Crippen LogP contribution in [0.4, 0.5) is 10.1 Å². The number of nitriles is 1. The van der Waals surface area contributed by atoms with E-state index in [1.54, 1.807) is 31.5 Å². The second-order valence-corrected chi connectivity index (χ2v) is 8.92. The number of methoxy groups -OCH3 is 1. The number of hydrogen-bond acceptors (Lipinski definition) is 5. The van der Waals surface area contributed by atoms with Crippen LogP contribution in [0.1, 0.15) is 19.4 Å². The maximum absolute atomic E-state index is 15.3. The second-order valence-electron chi connectivity index (χ2n) is 8.92. The molecule has 1 aliphatic heterocycles. The van der Waals surface area contributed by atoms with Crippen molar-refractivity contribution in [2.24, 2.45) is 0 Å². The minimum atomic E-state index is -0.280. The van der Waals surface area contributed by atoms with Crippen molar-refractivity contribution in [1.29, 1.82) is 5.26 Å². The predicted molar refractivity (Wildman–Crippen MR) is 136 cm³/mol. The molecule has 176 valence electrons. The van der Waals surface area contributed by atoms with Gasteiger partial charge in [0.05, 0.1) is 42.2 Å². The van der Waals surface area contributed by atoms with Crippen LogP contribution in [0.2, 0.25) is 0 Å². The van der Waals surface area contributed by atoms with E-state index < -0.39 is 0 Å². The van der Waals surface area contributed by atoms with Crippen molar-refractivity contribution in [1.82, 2.24) is 4.98 Å². The van der Waals surface area contributed by atoms with Gasteiger partial charge in [0.15, 0.2) is 0 Å². The van der Waals surface area contributed by atoms with E-state index in [0.717, 1.165) is 27.6 Å². The molecule has 0 bridgehead atoms. The minimum Gasteiger partial charge on any atom is -0.495 e. The number of benzene rings is 3. The van der Waals surface area contributed by atoms with E-state index in [0.29, 0.717) is 35.7 Å². The summed E-state index contributed by atoms with van der Waals surface area (Å²) in [5, 5.41) is 9.94. The first kappa shape index (κ1) is 22.8. The number of morpholine rings is 1. The van der Waals surface area contributed by atoms with Crippen molar-refractivity contribution < 1.29 is 13.9 Å². The fourth-order valence-electron chi connectivity index (χ4n) is 4.89. The molecule has 2 heterocycles. The molecule has 5 rings (SSSR count).